The first kappa shape index (κ1) is 15.0. The second kappa shape index (κ2) is 6.75. The molecule has 1 aromatic rings. The Labute approximate surface area is 105 Å². The van der Waals surface area contributed by atoms with E-state index in [4.69, 9.17) is 4.74 Å². The minimum atomic E-state index is -4.31. The lowest BCUT2D eigenvalue weighted by Crippen LogP contribution is -2.36. The summed E-state index contributed by atoms with van der Waals surface area (Å²) in [5, 5.41) is 2.48. The first-order valence-electron chi connectivity index (χ1n) is 5.88. The van der Waals surface area contributed by atoms with Crippen molar-refractivity contribution in [3.8, 4) is 0 Å². The highest BCUT2D eigenvalue weighted by Gasteiger charge is 2.40. The molecule has 0 aliphatic carbocycles. The van der Waals surface area contributed by atoms with Crippen LogP contribution in [0.5, 0.6) is 0 Å². The van der Waals surface area contributed by atoms with Gasteiger partial charge in [-0.1, -0.05) is 30.3 Å². The number of halogens is 3. The Morgan fingerprint density at radius 1 is 1.17 bits per heavy atom. The van der Waals surface area contributed by atoms with Crippen LogP contribution in [0.4, 0.5) is 13.2 Å². The largest absolute Gasteiger partial charge is 0.407 e. The average Bonchev–Trinajstić information content (AvgIpc) is 2.28. The standard InChI is InChI=1S/C13H18F3NO/c1-10(2)18-9-8-17-12(13(14,15)16)11-6-4-3-5-7-11/h3-7,10,12,17H,8-9H2,1-2H3. The zero-order valence-corrected chi connectivity index (χ0v) is 10.5. The number of hydrogen-bond acceptors (Lipinski definition) is 2. The highest BCUT2D eigenvalue weighted by atomic mass is 19.4. The average molecular weight is 261 g/mol. The number of benzene rings is 1. The van der Waals surface area contributed by atoms with Crippen molar-refractivity contribution in [3.63, 3.8) is 0 Å². The molecule has 1 rings (SSSR count). The lowest BCUT2D eigenvalue weighted by molar-refractivity contribution is -0.158. The van der Waals surface area contributed by atoms with Gasteiger partial charge in [-0.3, -0.25) is 0 Å². The molecule has 1 unspecified atom stereocenters. The molecule has 0 aliphatic heterocycles. The quantitative estimate of drug-likeness (QED) is 0.793. The van der Waals surface area contributed by atoms with E-state index < -0.39 is 12.2 Å². The molecule has 0 saturated heterocycles. The Morgan fingerprint density at radius 3 is 2.28 bits per heavy atom. The van der Waals surface area contributed by atoms with Crippen molar-refractivity contribution < 1.29 is 17.9 Å². The molecule has 0 aromatic heterocycles. The van der Waals surface area contributed by atoms with E-state index in [1.165, 1.54) is 12.1 Å². The first-order chi connectivity index (χ1) is 8.41. The SMILES string of the molecule is CC(C)OCCNC(c1ccccc1)C(F)(F)F. The molecule has 1 aromatic carbocycles. The van der Waals surface area contributed by atoms with Crippen molar-refractivity contribution in [3.05, 3.63) is 35.9 Å². The lowest BCUT2D eigenvalue weighted by atomic mass is 10.1. The summed E-state index contributed by atoms with van der Waals surface area (Å²) in [6.07, 6.45) is -4.29. The Kier molecular flexibility index (Phi) is 5.62. The monoisotopic (exact) mass is 261 g/mol. The van der Waals surface area contributed by atoms with Crippen molar-refractivity contribution in [1.82, 2.24) is 5.32 Å². The van der Waals surface area contributed by atoms with Crippen LogP contribution >= 0.6 is 0 Å². The Balaban J connectivity index is 2.58. The van der Waals surface area contributed by atoms with Gasteiger partial charge in [0.2, 0.25) is 0 Å². The summed E-state index contributed by atoms with van der Waals surface area (Å²) in [4.78, 5) is 0. The molecule has 0 fully saturated rings. The minimum Gasteiger partial charge on any atom is -0.377 e. The molecule has 0 spiro atoms. The molecule has 18 heavy (non-hydrogen) atoms. The summed E-state index contributed by atoms with van der Waals surface area (Å²) in [6.45, 7) is 4.12. The molecule has 0 heterocycles. The molecule has 5 heteroatoms. The summed E-state index contributed by atoms with van der Waals surface area (Å²) in [5.41, 5.74) is 0.217. The van der Waals surface area contributed by atoms with Crippen LogP contribution in [0.1, 0.15) is 25.5 Å². The predicted octanol–water partition coefficient (Wildman–Crippen LogP) is 3.30. The molecular formula is C13H18F3NO. The van der Waals surface area contributed by atoms with Crippen LogP contribution < -0.4 is 5.32 Å². The van der Waals surface area contributed by atoms with Gasteiger partial charge < -0.3 is 10.1 Å². The van der Waals surface area contributed by atoms with E-state index in [9.17, 15) is 13.2 Å². The third kappa shape index (κ3) is 5.06. The summed E-state index contributed by atoms with van der Waals surface area (Å²) < 4.78 is 43.9. The fourth-order valence-corrected chi connectivity index (χ4v) is 1.57. The third-order valence-electron chi connectivity index (χ3n) is 2.36. The maximum absolute atomic E-state index is 12.9. The molecule has 0 bridgehead atoms. The van der Waals surface area contributed by atoms with E-state index in [2.05, 4.69) is 5.32 Å². The van der Waals surface area contributed by atoms with E-state index in [1.54, 1.807) is 18.2 Å². The number of ether oxygens (including phenoxy) is 1. The highest BCUT2D eigenvalue weighted by Crippen LogP contribution is 2.32. The van der Waals surface area contributed by atoms with Gasteiger partial charge in [-0.2, -0.15) is 13.2 Å². The van der Waals surface area contributed by atoms with E-state index in [-0.39, 0.29) is 24.8 Å². The molecule has 0 saturated carbocycles. The van der Waals surface area contributed by atoms with E-state index >= 15 is 0 Å². The summed E-state index contributed by atoms with van der Waals surface area (Å²) in [7, 11) is 0. The van der Waals surface area contributed by atoms with Gasteiger partial charge in [-0.05, 0) is 19.4 Å². The van der Waals surface area contributed by atoms with Crippen molar-refractivity contribution in [2.45, 2.75) is 32.2 Å². The first-order valence-corrected chi connectivity index (χ1v) is 5.88. The number of rotatable bonds is 6. The summed E-state index contributed by atoms with van der Waals surface area (Å²) >= 11 is 0. The Bertz CT molecular complexity index is 338. The lowest BCUT2D eigenvalue weighted by Gasteiger charge is -2.22. The fraction of sp³-hybridized carbons (Fsp3) is 0.538. The van der Waals surface area contributed by atoms with Crippen LogP contribution in [0.2, 0.25) is 0 Å². The van der Waals surface area contributed by atoms with Gasteiger partial charge in [0.25, 0.3) is 0 Å². The van der Waals surface area contributed by atoms with Gasteiger partial charge in [-0.15, -0.1) is 0 Å². The number of alkyl halides is 3. The minimum absolute atomic E-state index is 0.0212. The van der Waals surface area contributed by atoms with Crippen LogP contribution in [0.15, 0.2) is 30.3 Å². The second-order valence-corrected chi connectivity index (χ2v) is 4.26. The van der Waals surface area contributed by atoms with Gasteiger partial charge >= 0.3 is 6.18 Å². The zero-order chi connectivity index (χ0) is 13.6. The normalized spacial score (nSPS) is 13.9. The van der Waals surface area contributed by atoms with Crippen LogP contribution in [0, 0.1) is 0 Å². The number of nitrogens with one attached hydrogen (secondary N) is 1. The molecule has 1 N–H and O–H groups in total. The summed E-state index contributed by atoms with van der Waals surface area (Å²) in [5.74, 6) is 0. The summed E-state index contributed by atoms with van der Waals surface area (Å²) in [6, 6.07) is 6.18. The van der Waals surface area contributed by atoms with Gasteiger partial charge in [-0.25, -0.2) is 0 Å². The van der Waals surface area contributed by atoms with Crippen molar-refractivity contribution >= 4 is 0 Å². The molecule has 102 valence electrons. The van der Waals surface area contributed by atoms with Crippen molar-refractivity contribution in [1.29, 1.82) is 0 Å². The van der Waals surface area contributed by atoms with Crippen molar-refractivity contribution in [2.75, 3.05) is 13.2 Å². The maximum Gasteiger partial charge on any atom is 0.407 e. The van der Waals surface area contributed by atoms with Gasteiger partial charge in [0.1, 0.15) is 6.04 Å². The molecule has 0 radical (unpaired) electrons. The van der Waals surface area contributed by atoms with Gasteiger partial charge in [0, 0.05) is 6.54 Å². The smallest absolute Gasteiger partial charge is 0.377 e. The molecule has 1 atom stereocenters. The predicted molar refractivity (Wildman–Crippen MR) is 64.3 cm³/mol. The molecule has 0 aliphatic rings. The van der Waals surface area contributed by atoms with E-state index in [0.717, 1.165) is 0 Å². The topological polar surface area (TPSA) is 21.3 Å². The van der Waals surface area contributed by atoms with E-state index in [1.807, 2.05) is 13.8 Å². The van der Waals surface area contributed by atoms with E-state index in [0.29, 0.717) is 0 Å². The van der Waals surface area contributed by atoms with Crippen LogP contribution in [-0.4, -0.2) is 25.4 Å². The molecule has 0 amide bonds. The number of hydrogen-bond donors (Lipinski definition) is 1. The Morgan fingerprint density at radius 2 is 1.78 bits per heavy atom. The fourth-order valence-electron chi connectivity index (χ4n) is 1.57. The molecule has 2 nitrogen and oxygen atoms in total. The van der Waals surface area contributed by atoms with Crippen molar-refractivity contribution in [2.24, 2.45) is 0 Å². The Hall–Kier alpha value is -1.07. The molecular weight excluding hydrogens is 243 g/mol. The van der Waals surface area contributed by atoms with Gasteiger partial charge in [0.15, 0.2) is 0 Å². The second-order valence-electron chi connectivity index (χ2n) is 4.26. The van der Waals surface area contributed by atoms with Crippen LogP contribution in [-0.2, 0) is 4.74 Å². The third-order valence-corrected chi connectivity index (χ3v) is 2.36. The zero-order valence-electron chi connectivity index (χ0n) is 10.5. The maximum atomic E-state index is 12.9. The van der Waals surface area contributed by atoms with Gasteiger partial charge in [0.05, 0.1) is 12.7 Å². The van der Waals surface area contributed by atoms with Crippen LogP contribution in [0.25, 0.3) is 0 Å². The highest BCUT2D eigenvalue weighted by molar-refractivity contribution is 5.20. The van der Waals surface area contributed by atoms with Crippen LogP contribution in [0.3, 0.4) is 0 Å².